The number of primary amides is 1. The van der Waals surface area contributed by atoms with Crippen LogP contribution in [0.3, 0.4) is 0 Å². The van der Waals surface area contributed by atoms with Gasteiger partial charge < -0.3 is 11.1 Å². The first kappa shape index (κ1) is 29.5. The predicted molar refractivity (Wildman–Crippen MR) is 137 cm³/mol. The number of aryl methyl sites for hydroxylation is 1. The summed E-state index contributed by atoms with van der Waals surface area (Å²) in [4.78, 5) is 49.8. The summed E-state index contributed by atoms with van der Waals surface area (Å²) < 4.78 is 0. The molecule has 7 heteroatoms. The number of carbonyl (C=O) groups is 4. The van der Waals surface area contributed by atoms with Crippen molar-refractivity contribution in [2.45, 2.75) is 59.9 Å². The summed E-state index contributed by atoms with van der Waals surface area (Å²) in [5, 5.41) is 3.42. The third kappa shape index (κ3) is 7.74. The lowest BCUT2D eigenvalue weighted by Crippen LogP contribution is -2.37. The van der Waals surface area contributed by atoms with Crippen molar-refractivity contribution in [1.29, 1.82) is 0 Å². The highest BCUT2D eigenvalue weighted by atomic mass is 35.5. The zero-order valence-corrected chi connectivity index (χ0v) is 21.5. The zero-order valence-electron chi connectivity index (χ0n) is 20.7. The molecule has 1 aromatic carbocycles. The first-order valence-electron chi connectivity index (χ1n) is 11.7. The second-order valence-corrected chi connectivity index (χ2v) is 9.40. The van der Waals surface area contributed by atoms with Crippen molar-refractivity contribution in [2.75, 3.05) is 6.54 Å². The fourth-order valence-electron chi connectivity index (χ4n) is 3.89. The van der Waals surface area contributed by atoms with Gasteiger partial charge in [0, 0.05) is 29.0 Å². The van der Waals surface area contributed by atoms with Crippen molar-refractivity contribution in [3.05, 3.63) is 58.7 Å². The highest BCUT2D eigenvalue weighted by Gasteiger charge is 2.38. The van der Waals surface area contributed by atoms with Gasteiger partial charge in [-0.2, -0.15) is 0 Å². The minimum Gasteiger partial charge on any atom is -0.366 e. The number of ketones is 3. The van der Waals surface area contributed by atoms with Crippen LogP contribution in [0.25, 0.3) is 0 Å². The third-order valence-corrected chi connectivity index (χ3v) is 5.98. The maximum absolute atomic E-state index is 13.1. The lowest BCUT2D eigenvalue weighted by atomic mass is 9.76. The molecule has 1 aromatic rings. The Morgan fingerprint density at radius 3 is 2.26 bits per heavy atom. The molecular formula is C27H37ClN2O4. The molecule has 3 N–H and O–H groups in total. The van der Waals surface area contributed by atoms with Gasteiger partial charge in [-0.15, -0.1) is 12.4 Å². The molecule has 2 atom stereocenters. The smallest absolute Gasteiger partial charge is 0.248 e. The summed E-state index contributed by atoms with van der Waals surface area (Å²) in [5.74, 6) is -2.63. The van der Waals surface area contributed by atoms with Gasteiger partial charge in [-0.3, -0.25) is 19.2 Å². The molecule has 0 saturated heterocycles. The molecule has 1 aliphatic rings. The largest absolute Gasteiger partial charge is 0.366 e. The van der Waals surface area contributed by atoms with Crippen molar-refractivity contribution >= 4 is 35.7 Å². The Labute approximate surface area is 208 Å². The molecule has 0 spiro atoms. The van der Waals surface area contributed by atoms with E-state index in [9.17, 15) is 19.2 Å². The van der Waals surface area contributed by atoms with Gasteiger partial charge in [0.25, 0.3) is 0 Å². The van der Waals surface area contributed by atoms with E-state index in [1.165, 1.54) is 0 Å². The summed E-state index contributed by atoms with van der Waals surface area (Å²) in [6.07, 6.45) is 5.51. The average Bonchev–Trinajstić information content (AvgIpc) is 2.77. The van der Waals surface area contributed by atoms with E-state index >= 15 is 0 Å². The van der Waals surface area contributed by atoms with Crippen molar-refractivity contribution in [3.8, 4) is 0 Å². The van der Waals surface area contributed by atoms with Gasteiger partial charge in [-0.25, -0.2) is 0 Å². The molecule has 34 heavy (non-hydrogen) atoms. The highest BCUT2D eigenvalue weighted by Crippen LogP contribution is 2.29. The maximum Gasteiger partial charge on any atom is 0.248 e. The number of Topliss-reactive ketones (excluding diaryl/α,β-unsaturated/α-hetero) is 3. The minimum atomic E-state index is -0.991. The van der Waals surface area contributed by atoms with E-state index in [4.69, 9.17) is 5.73 Å². The molecule has 6 nitrogen and oxygen atoms in total. The van der Waals surface area contributed by atoms with E-state index in [0.29, 0.717) is 29.7 Å². The lowest BCUT2D eigenvalue weighted by molar-refractivity contribution is -0.133. The Kier molecular flexibility index (Phi) is 11.6. The van der Waals surface area contributed by atoms with Gasteiger partial charge in [-0.1, -0.05) is 52.0 Å². The van der Waals surface area contributed by atoms with Gasteiger partial charge in [0.2, 0.25) is 5.91 Å². The third-order valence-electron chi connectivity index (χ3n) is 5.98. The molecule has 0 aliphatic heterocycles. The Balaban J connectivity index is 0.00000578. The molecule has 0 heterocycles. The maximum atomic E-state index is 13.1. The Morgan fingerprint density at radius 2 is 1.68 bits per heavy atom. The van der Waals surface area contributed by atoms with E-state index in [-0.39, 0.29) is 47.6 Å². The SMILES string of the molecule is CC(CCc1cccc(C(N)=O)c1)NCCC1=CC=C(C(=O)C(C)C)C(C(=O)C(C)C)C1=O.Cl. The number of hydrogen-bond donors (Lipinski definition) is 2. The number of hydrogen-bond acceptors (Lipinski definition) is 5. The summed E-state index contributed by atoms with van der Waals surface area (Å²) in [5.41, 5.74) is 7.79. The van der Waals surface area contributed by atoms with Crippen molar-refractivity contribution in [2.24, 2.45) is 23.5 Å². The van der Waals surface area contributed by atoms with Crippen LogP contribution in [0.4, 0.5) is 0 Å². The molecule has 0 aromatic heterocycles. The summed E-state index contributed by atoms with van der Waals surface area (Å²) in [7, 11) is 0. The highest BCUT2D eigenvalue weighted by molar-refractivity contribution is 6.20. The fourth-order valence-corrected chi connectivity index (χ4v) is 3.89. The molecular weight excluding hydrogens is 452 g/mol. The number of amides is 1. The molecule has 2 unspecified atom stereocenters. The van der Waals surface area contributed by atoms with E-state index in [1.807, 2.05) is 18.2 Å². The number of rotatable bonds is 12. The minimum absolute atomic E-state index is 0. The van der Waals surface area contributed by atoms with Crippen LogP contribution in [0.2, 0.25) is 0 Å². The standard InChI is InChI=1S/C27H36N2O4.ClH/c1-16(2)24(30)22-12-11-20(26(32)23(22)25(31)17(3)4)13-14-29-18(5)9-10-19-7-6-8-21(15-19)27(28)33;/h6-8,11-12,15-18,23,29H,9-10,13-14H2,1-5H3,(H2,28,33);1H. The fraction of sp³-hybridized carbons (Fsp3) is 0.481. The topological polar surface area (TPSA) is 106 Å². The number of halogens is 1. The molecule has 1 amide bonds. The van der Waals surface area contributed by atoms with Crippen molar-refractivity contribution < 1.29 is 19.2 Å². The van der Waals surface area contributed by atoms with Crippen LogP contribution in [-0.4, -0.2) is 35.8 Å². The first-order valence-corrected chi connectivity index (χ1v) is 11.7. The predicted octanol–water partition coefficient (Wildman–Crippen LogP) is 4.01. The van der Waals surface area contributed by atoms with Crippen LogP contribution in [0.15, 0.2) is 47.6 Å². The number of allylic oxidation sites excluding steroid dienone is 3. The molecule has 0 bridgehead atoms. The van der Waals surface area contributed by atoms with Crippen LogP contribution >= 0.6 is 12.4 Å². The number of nitrogens with two attached hydrogens (primary N) is 1. The Hall–Kier alpha value is -2.57. The molecule has 186 valence electrons. The summed E-state index contributed by atoms with van der Waals surface area (Å²) in [6, 6.07) is 7.51. The monoisotopic (exact) mass is 488 g/mol. The zero-order chi connectivity index (χ0) is 24.7. The lowest BCUT2D eigenvalue weighted by Gasteiger charge is -2.25. The molecule has 0 radical (unpaired) electrons. The van der Waals surface area contributed by atoms with E-state index in [1.54, 1.807) is 45.9 Å². The van der Waals surface area contributed by atoms with Crippen LogP contribution in [0, 0.1) is 17.8 Å². The van der Waals surface area contributed by atoms with Crippen molar-refractivity contribution in [3.63, 3.8) is 0 Å². The van der Waals surface area contributed by atoms with Gasteiger partial charge in [0.15, 0.2) is 17.3 Å². The van der Waals surface area contributed by atoms with Crippen LogP contribution < -0.4 is 11.1 Å². The van der Waals surface area contributed by atoms with Crippen LogP contribution in [0.1, 0.15) is 63.4 Å². The summed E-state index contributed by atoms with van der Waals surface area (Å²) in [6.45, 7) is 9.72. The second-order valence-electron chi connectivity index (χ2n) is 9.40. The van der Waals surface area contributed by atoms with Gasteiger partial charge in [0.1, 0.15) is 5.92 Å². The number of carbonyl (C=O) groups excluding carboxylic acids is 4. The van der Waals surface area contributed by atoms with Crippen LogP contribution in [0.5, 0.6) is 0 Å². The number of benzene rings is 1. The van der Waals surface area contributed by atoms with Crippen molar-refractivity contribution in [1.82, 2.24) is 5.32 Å². The quantitative estimate of drug-likeness (QED) is 0.432. The van der Waals surface area contributed by atoms with Gasteiger partial charge in [0.05, 0.1) is 0 Å². The van der Waals surface area contributed by atoms with E-state index in [0.717, 1.165) is 18.4 Å². The number of nitrogens with one attached hydrogen (secondary N) is 1. The molecule has 0 fully saturated rings. The molecule has 0 saturated carbocycles. The summed E-state index contributed by atoms with van der Waals surface area (Å²) >= 11 is 0. The van der Waals surface area contributed by atoms with E-state index < -0.39 is 11.8 Å². The van der Waals surface area contributed by atoms with Gasteiger partial charge >= 0.3 is 0 Å². The first-order chi connectivity index (χ1) is 15.5. The second kappa shape index (κ2) is 13.4. The Morgan fingerprint density at radius 1 is 1.00 bits per heavy atom. The Bertz CT molecular complexity index is 979. The average molecular weight is 489 g/mol. The molecule has 1 aliphatic carbocycles. The van der Waals surface area contributed by atoms with E-state index in [2.05, 4.69) is 12.2 Å². The van der Waals surface area contributed by atoms with Gasteiger partial charge in [-0.05, 0) is 56.0 Å². The van der Waals surface area contributed by atoms with Crippen LogP contribution in [-0.2, 0) is 20.8 Å². The molecule has 2 rings (SSSR count). The normalized spacial score (nSPS) is 16.6.